The predicted molar refractivity (Wildman–Crippen MR) is 74.9 cm³/mol. The lowest BCUT2D eigenvalue weighted by molar-refractivity contribution is 0.412. The van der Waals surface area contributed by atoms with Crippen LogP contribution in [0.3, 0.4) is 0 Å². The zero-order valence-corrected chi connectivity index (χ0v) is 11.4. The Bertz CT molecular complexity index is 692. The smallest absolute Gasteiger partial charge is 0.146 e. The van der Waals surface area contributed by atoms with Crippen molar-refractivity contribution in [1.82, 2.24) is 9.38 Å². The summed E-state index contributed by atoms with van der Waals surface area (Å²) in [5.74, 6) is 1.71. The van der Waals surface area contributed by atoms with Crippen molar-refractivity contribution in [3.05, 3.63) is 53.3 Å². The van der Waals surface area contributed by atoms with Gasteiger partial charge in [-0.25, -0.2) is 4.98 Å². The summed E-state index contributed by atoms with van der Waals surface area (Å²) in [7, 11) is 1.66. The lowest BCUT2D eigenvalue weighted by atomic mass is 10.2. The zero-order valence-electron chi connectivity index (χ0n) is 9.80. The third-order valence-electron chi connectivity index (χ3n) is 2.83. The second kappa shape index (κ2) is 4.46. The molecule has 3 rings (SSSR count). The molecule has 1 aromatic carbocycles. The van der Waals surface area contributed by atoms with E-state index in [0.29, 0.717) is 0 Å². The van der Waals surface area contributed by atoms with Crippen LogP contribution in [0.25, 0.3) is 16.9 Å². The second-order valence-electron chi connectivity index (χ2n) is 3.92. The lowest BCUT2D eigenvalue weighted by Crippen LogP contribution is -1.91. The summed E-state index contributed by atoms with van der Waals surface area (Å²) in [4.78, 5) is 4.56. The molecule has 0 unspecified atom stereocenters. The SMILES string of the molecule is COc1ccc2c(Br)nc(-c3ccccc3)n2c1. The Kier molecular flexibility index (Phi) is 2.80. The maximum atomic E-state index is 5.26. The fraction of sp³-hybridized carbons (Fsp3) is 0.0714. The Balaban J connectivity index is 2.29. The van der Waals surface area contributed by atoms with Gasteiger partial charge in [-0.05, 0) is 28.1 Å². The number of hydrogen-bond donors (Lipinski definition) is 0. The molecule has 0 fully saturated rings. The number of pyridine rings is 1. The molecule has 0 radical (unpaired) electrons. The second-order valence-corrected chi connectivity index (χ2v) is 4.67. The monoisotopic (exact) mass is 302 g/mol. The Morgan fingerprint density at radius 2 is 1.89 bits per heavy atom. The van der Waals surface area contributed by atoms with Crippen molar-refractivity contribution < 1.29 is 4.74 Å². The quantitative estimate of drug-likeness (QED) is 0.720. The summed E-state index contributed by atoms with van der Waals surface area (Å²) < 4.78 is 8.12. The van der Waals surface area contributed by atoms with Crippen LogP contribution in [0.2, 0.25) is 0 Å². The van der Waals surface area contributed by atoms with Crippen LogP contribution >= 0.6 is 15.9 Å². The van der Waals surface area contributed by atoms with Crippen LogP contribution in [-0.2, 0) is 0 Å². The number of aromatic nitrogens is 2. The fourth-order valence-electron chi connectivity index (χ4n) is 1.94. The van der Waals surface area contributed by atoms with Gasteiger partial charge in [0.05, 0.1) is 18.8 Å². The maximum absolute atomic E-state index is 5.26. The van der Waals surface area contributed by atoms with Gasteiger partial charge in [0.25, 0.3) is 0 Å². The first kappa shape index (κ1) is 11.3. The first-order valence-corrected chi connectivity index (χ1v) is 6.36. The summed E-state index contributed by atoms with van der Waals surface area (Å²) in [5, 5.41) is 0. The molecule has 0 aliphatic heterocycles. The van der Waals surface area contributed by atoms with E-state index in [1.807, 2.05) is 53.1 Å². The summed E-state index contributed by atoms with van der Waals surface area (Å²) in [6.07, 6.45) is 1.94. The van der Waals surface area contributed by atoms with Crippen LogP contribution < -0.4 is 4.74 Å². The number of nitrogens with zero attached hydrogens (tertiary/aromatic N) is 2. The molecule has 0 spiro atoms. The highest BCUT2D eigenvalue weighted by atomic mass is 79.9. The Hall–Kier alpha value is -1.81. The molecular formula is C14H11BrN2O. The van der Waals surface area contributed by atoms with Gasteiger partial charge in [-0.1, -0.05) is 30.3 Å². The standard InChI is InChI=1S/C14H11BrN2O/c1-18-11-7-8-12-13(15)16-14(17(12)9-11)10-5-3-2-4-6-10/h2-9H,1H3. The summed E-state index contributed by atoms with van der Waals surface area (Å²) >= 11 is 3.49. The van der Waals surface area contributed by atoms with Crippen molar-refractivity contribution in [2.75, 3.05) is 7.11 Å². The molecule has 4 heteroatoms. The highest BCUT2D eigenvalue weighted by Gasteiger charge is 2.11. The molecule has 90 valence electrons. The van der Waals surface area contributed by atoms with Crippen LogP contribution in [0.5, 0.6) is 5.75 Å². The number of fused-ring (bicyclic) bond motifs is 1. The minimum absolute atomic E-state index is 0.810. The highest BCUT2D eigenvalue weighted by molar-refractivity contribution is 9.10. The Labute approximate surface area is 113 Å². The number of halogens is 1. The number of imidazole rings is 1. The van der Waals surface area contributed by atoms with Crippen LogP contribution in [0, 0.1) is 0 Å². The zero-order chi connectivity index (χ0) is 12.5. The largest absolute Gasteiger partial charge is 0.495 e. The third-order valence-corrected chi connectivity index (χ3v) is 3.42. The molecule has 18 heavy (non-hydrogen) atoms. The van der Waals surface area contributed by atoms with E-state index in [1.54, 1.807) is 7.11 Å². The molecule has 0 N–H and O–H groups in total. The third kappa shape index (κ3) is 1.78. The molecule has 0 bridgehead atoms. The van der Waals surface area contributed by atoms with E-state index in [0.717, 1.165) is 27.3 Å². The predicted octanol–water partition coefficient (Wildman–Crippen LogP) is 3.77. The van der Waals surface area contributed by atoms with E-state index in [4.69, 9.17) is 4.74 Å². The molecule has 0 amide bonds. The summed E-state index contributed by atoms with van der Waals surface area (Å²) in [6, 6.07) is 14.0. The lowest BCUT2D eigenvalue weighted by Gasteiger charge is -2.04. The molecule has 0 saturated heterocycles. The fourth-order valence-corrected chi connectivity index (χ4v) is 2.43. The maximum Gasteiger partial charge on any atom is 0.146 e. The summed E-state index contributed by atoms with van der Waals surface area (Å²) in [6.45, 7) is 0. The summed E-state index contributed by atoms with van der Waals surface area (Å²) in [5.41, 5.74) is 2.10. The van der Waals surface area contributed by atoms with Gasteiger partial charge in [-0.15, -0.1) is 0 Å². The first-order chi connectivity index (χ1) is 8.79. The van der Waals surface area contributed by atoms with Crippen molar-refractivity contribution in [2.45, 2.75) is 0 Å². The van der Waals surface area contributed by atoms with Crippen molar-refractivity contribution in [3.8, 4) is 17.1 Å². The van der Waals surface area contributed by atoms with E-state index in [2.05, 4.69) is 20.9 Å². The number of rotatable bonds is 2. The van der Waals surface area contributed by atoms with Crippen molar-refractivity contribution in [2.24, 2.45) is 0 Å². The van der Waals surface area contributed by atoms with Crippen LogP contribution in [0.15, 0.2) is 53.3 Å². The molecule has 0 atom stereocenters. The Morgan fingerprint density at radius 3 is 2.61 bits per heavy atom. The molecule has 3 nitrogen and oxygen atoms in total. The number of hydrogen-bond acceptors (Lipinski definition) is 2. The van der Waals surface area contributed by atoms with E-state index >= 15 is 0 Å². The van der Waals surface area contributed by atoms with Gasteiger partial charge >= 0.3 is 0 Å². The number of ether oxygens (including phenoxy) is 1. The van der Waals surface area contributed by atoms with E-state index in [9.17, 15) is 0 Å². The van der Waals surface area contributed by atoms with Gasteiger partial charge in [0.15, 0.2) is 0 Å². The van der Waals surface area contributed by atoms with E-state index < -0.39 is 0 Å². The van der Waals surface area contributed by atoms with Crippen molar-refractivity contribution >= 4 is 21.4 Å². The average Bonchev–Trinajstić information content (AvgIpc) is 2.76. The first-order valence-electron chi connectivity index (χ1n) is 5.56. The minimum atomic E-state index is 0.810. The number of benzene rings is 1. The van der Waals surface area contributed by atoms with Crippen LogP contribution in [0.1, 0.15) is 0 Å². The topological polar surface area (TPSA) is 26.5 Å². The molecule has 0 saturated carbocycles. The van der Waals surface area contributed by atoms with Crippen molar-refractivity contribution in [3.63, 3.8) is 0 Å². The van der Waals surface area contributed by atoms with Gasteiger partial charge in [0, 0.05) is 5.56 Å². The normalized spacial score (nSPS) is 10.8. The van der Waals surface area contributed by atoms with Gasteiger partial charge in [0.2, 0.25) is 0 Å². The average molecular weight is 303 g/mol. The van der Waals surface area contributed by atoms with Gasteiger partial charge in [0.1, 0.15) is 16.2 Å². The van der Waals surface area contributed by atoms with Gasteiger partial charge in [-0.2, -0.15) is 0 Å². The molecule has 0 aliphatic carbocycles. The molecular weight excluding hydrogens is 292 g/mol. The molecule has 0 aliphatic rings. The van der Waals surface area contributed by atoms with Crippen LogP contribution in [-0.4, -0.2) is 16.5 Å². The van der Waals surface area contributed by atoms with E-state index in [-0.39, 0.29) is 0 Å². The molecule has 2 aromatic heterocycles. The van der Waals surface area contributed by atoms with Gasteiger partial charge in [-0.3, -0.25) is 4.40 Å². The minimum Gasteiger partial charge on any atom is -0.495 e. The molecule has 3 aromatic rings. The van der Waals surface area contributed by atoms with Gasteiger partial charge < -0.3 is 4.74 Å². The Morgan fingerprint density at radius 1 is 1.11 bits per heavy atom. The van der Waals surface area contributed by atoms with Crippen molar-refractivity contribution in [1.29, 1.82) is 0 Å². The van der Waals surface area contributed by atoms with Crippen LogP contribution in [0.4, 0.5) is 0 Å². The van der Waals surface area contributed by atoms with E-state index in [1.165, 1.54) is 0 Å². The number of methoxy groups -OCH3 is 1. The highest BCUT2D eigenvalue weighted by Crippen LogP contribution is 2.27. The molecule has 2 heterocycles.